The first-order chi connectivity index (χ1) is 8.24. The second kappa shape index (κ2) is 12.3. The Morgan fingerprint density at radius 2 is 1.88 bits per heavy atom. The number of rotatable bonds is 12. The second-order valence-electron chi connectivity index (χ2n) is 4.79. The summed E-state index contributed by atoms with van der Waals surface area (Å²) in [5.41, 5.74) is 0. The van der Waals surface area contributed by atoms with Crippen molar-refractivity contribution in [2.24, 2.45) is 5.92 Å². The van der Waals surface area contributed by atoms with E-state index in [-0.39, 0.29) is 0 Å². The van der Waals surface area contributed by atoms with Gasteiger partial charge in [0.25, 0.3) is 0 Å². The van der Waals surface area contributed by atoms with Crippen molar-refractivity contribution in [2.75, 3.05) is 33.5 Å². The minimum atomic E-state index is 0.604. The summed E-state index contributed by atoms with van der Waals surface area (Å²) in [6, 6.07) is 0.604. The molecule has 0 aliphatic carbocycles. The molecule has 0 radical (unpaired) electrons. The molecule has 1 N–H and O–H groups in total. The maximum Gasteiger partial charge on any atom is 0.0700 e. The number of hydrogen-bond donors (Lipinski definition) is 1. The van der Waals surface area contributed by atoms with Gasteiger partial charge in [-0.3, -0.25) is 0 Å². The van der Waals surface area contributed by atoms with Gasteiger partial charge in [-0.15, -0.1) is 0 Å². The summed E-state index contributed by atoms with van der Waals surface area (Å²) >= 11 is 0. The molecular formula is C14H31NO2. The third-order valence-corrected chi connectivity index (χ3v) is 3.11. The minimum absolute atomic E-state index is 0.604. The van der Waals surface area contributed by atoms with Gasteiger partial charge in [0.2, 0.25) is 0 Å². The zero-order chi connectivity index (χ0) is 12.9. The first-order valence-corrected chi connectivity index (χ1v) is 7.04. The Hall–Kier alpha value is -0.120. The summed E-state index contributed by atoms with van der Waals surface area (Å²) in [7, 11) is 1.71. The van der Waals surface area contributed by atoms with Crippen molar-refractivity contribution < 1.29 is 9.47 Å². The van der Waals surface area contributed by atoms with Crippen molar-refractivity contribution in [3.05, 3.63) is 0 Å². The van der Waals surface area contributed by atoms with E-state index >= 15 is 0 Å². The first-order valence-electron chi connectivity index (χ1n) is 7.04. The van der Waals surface area contributed by atoms with Crippen molar-refractivity contribution in [3.63, 3.8) is 0 Å². The summed E-state index contributed by atoms with van der Waals surface area (Å²) in [6.45, 7) is 10.1. The average molecular weight is 245 g/mol. The molecule has 0 aliphatic heterocycles. The summed E-state index contributed by atoms with van der Waals surface area (Å²) < 4.78 is 10.5. The van der Waals surface area contributed by atoms with Gasteiger partial charge in [0, 0.05) is 19.8 Å². The molecule has 0 aromatic carbocycles. The van der Waals surface area contributed by atoms with E-state index in [9.17, 15) is 0 Å². The molecule has 0 aliphatic rings. The van der Waals surface area contributed by atoms with Crippen LogP contribution in [0.2, 0.25) is 0 Å². The van der Waals surface area contributed by atoms with Crippen LogP contribution in [0.15, 0.2) is 0 Å². The fraction of sp³-hybridized carbons (Fsp3) is 1.00. The van der Waals surface area contributed by atoms with Gasteiger partial charge in [0.15, 0.2) is 0 Å². The van der Waals surface area contributed by atoms with Crippen LogP contribution in [0.4, 0.5) is 0 Å². The Morgan fingerprint density at radius 1 is 1.12 bits per heavy atom. The Kier molecular flexibility index (Phi) is 12.3. The summed E-state index contributed by atoms with van der Waals surface area (Å²) in [5, 5.41) is 3.61. The lowest BCUT2D eigenvalue weighted by molar-refractivity contribution is 0.0647. The highest BCUT2D eigenvalue weighted by molar-refractivity contribution is 4.69. The van der Waals surface area contributed by atoms with E-state index in [4.69, 9.17) is 9.47 Å². The van der Waals surface area contributed by atoms with E-state index in [2.05, 4.69) is 26.1 Å². The van der Waals surface area contributed by atoms with Crippen molar-refractivity contribution in [2.45, 2.75) is 52.5 Å². The summed E-state index contributed by atoms with van der Waals surface area (Å²) in [4.78, 5) is 0. The zero-order valence-corrected chi connectivity index (χ0v) is 12.1. The Balaban J connectivity index is 3.68. The number of ether oxygens (including phenoxy) is 2. The maximum absolute atomic E-state index is 5.53. The molecule has 0 aromatic heterocycles. The molecule has 0 spiro atoms. The predicted octanol–water partition coefficient (Wildman–Crippen LogP) is 2.84. The molecule has 0 saturated heterocycles. The third kappa shape index (κ3) is 10.7. The highest BCUT2D eigenvalue weighted by atomic mass is 16.5. The molecule has 0 amide bonds. The Morgan fingerprint density at radius 3 is 2.47 bits per heavy atom. The predicted molar refractivity (Wildman–Crippen MR) is 73.5 cm³/mol. The van der Waals surface area contributed by atoms with E-state index in [1.54, 1.807) is 7.11 Å². The van der Waals surface area contributed by atoms with Gasteiger partial charge >= 0.3 is 0 Å². The SMILES string of the molecule is CCCNC(CCOCCOC)CC(C)CC. The molecule has 2 unspecified atom stereocenters. The monoisotopic (exact) mass is 245 g/mol. The quantitative estimate of drug-likeness (QED) is 0.536. The lowest BCUT2D eigenvalue weighted by Gasteiger charge is -2.21. The average Bonchev–Trinajstić information content (AvgIpc) is 2.35. The van der Waals surface area contributed by atoms with Gasteiger partial charge in [-0.2, -0.15) is 0 Å². The number of nitrogens with one attached hydrogen (secondary N) is 1. The van der Waals surface area contributed by atoms with Gasteiger partial charge in [0.1, 0.15) is 0 Å². The molecule has 17 heavy (non-hydrogen) atoms. The normalized spacial score (nSPS) is 14.8. The van der Waals surface area contributed by atoms with Crippen molar-refractivity contribution >= 4 is 0 Å². The number of hydrogen-bond acceptors (Lipinski definition) is 3. The largest absolute Gasteiger partial charge is 0.382 e. The molecule has 0 rings (SSSR count). The van der Waals surface area contributed by atoms with Crippen molar-refractivity contribution in [3.8, 4) is 0 Å². The molecule has 3 nitrogen and oxygen atoms in total. The minimum Gasteiger partial charge on any atom is -0.382 e. The highest BCUT2D eigenvalue weighted by Crippen LogP contribution is 2.12. The Labute approximate surface area is 107 Å². The Bertz CT molecular complexity index is 153. The fourth-order valence-corrected chi connectivity index (χ4v) is 1.77. The van der Waals surface area contributed by atoms with Crippen LogP contribution in [-0.2, 0) is 9.47 Å². The summed E-state index contributed by atoms with van der Waals surface area (Å²) in [5.74, 6) is 0.795. The van der Waals surface area contributed by atoms with Crippen LogP contribution in [0.3, 0.4) is 0 Å². The van der Waals surface area contributed by atoms with Crippen LogP contribution in [0.25, 0.3) is 0 Å². The van der Waals surface area contributed by atoms with E-state index < -0.39 is 0 Å². The maximum atomic E-state index is 5.53. The van der Waals surface area contributed by atoms with Gasteiger partial charge in [-0.05, 0) is 31.7 Å². The van der Waals surface area contributed by atoms with Gasteiger partial charge in [-0.25, -0.2) is 0 Å². The molecule has 0 saturated carbocycles. The second-order valence-corrected chi connectivity index (χ2v) is 4.79. The van der Waals surface area contributed by atoms with Crippen LogP contribution in [0.1, 0.15) is 46.5 Å². The van der Waals surface area contributed by atoms with Crippen LogP contribution in [-0.4, -0.2) is 39.5 Å². The van der Waals surface area contributed by atoms with Crippen molar-refractivity contribution in [1.29, 1.82) is 0 Å². The van der Waals surface area contributed by atoms with Gasteiger partial charge in [0.05, 0.1) is 13.2 Å². The van der Waals surface area contributed by atoms with Crippen LogP contribution in [0, 0.1) is 5.92 Å². The molecule has 0 fully saturated rings. The van der Waals surface area contributed by atoms with Gasteiger partial charge < -0.3 is 14.8 Å². The van der Waals surface area contributed by atoms with Crippen molar-refractivity contribution in [1.82, 2.24) is 5.32 Å². The molecule has 2 atom stereocenters. The smallest absolute Gasteiger partial charge is 0.0700 e. The zero-order valence-electron chi connectivity index (χ0n) is 12.1. The standard InChI is InChI=1S/C14H31NO2/c1-5-8-15-14(12-13(3)6-2)7-9-17-11-10-16-4/h13-15H,5-12H2,1-4H3. The van der Waals surface area contributed by atoms with Crippen LogP contribution >= 0.6 is 0 Å². The highest BCUT2D eigenvalue weighted by Gasteiger charge is 2.11. The molecule has 0 heterocycles. The van der Waals surface area contributed by atoms with E-state index in [0.717, 1.165) is 25.5 Å². The molecular weight excluding hydrogens is 214 g/mol. The third-order valence-electron chi connectivity index (χ3n) is 3.11. The topological polar surface area (TPSA) is 30.5 Å². The van der Waals surface area contributed by atoms with Gasteiger partial charge in [-0.1, -0.05) is 27.2 Å². The van der Waals surface area contributed by atoms with Crippen LogP contribution in [0.5, 0.6) is 0 Å². The number of methoxy groups -OCH3 is 1. The van der Waals surface area contributed by atoms with E-state index in [0.29, 0.717) is 19.3 Å². The van der Waals surface area contributed by atoms with E-state index in [1.807, 2.05) is 0 Å². The van der Waals surface area contributed by atoms with Crippen LogP contribution < -0.4 is 5.32 Å². The summed E-state index contributed by atoms with van der Waals surface area (Å²) in [6.07, 6.45) is 4.81. The molecule has 0 aromatic rings. The lowest BCUT2D eigenvalue weighted by Crippen LogP contribution is -2.32. The van der Waals surface area contributed by atoms with E-state index in [1.165, 1.54) is 19.3 Å². The fourth-order valence-electron chi connectivity index (χ4n) is 1.77. The molecule has 0 bridgehead atoms. The first kappa shape index (κ1) is 16.9. The molecule has 3 heteroatoms. The lowest BCUT2D eigenvalue weighted by atomic mass is 9.97. The molecule has 104 valence electrons.